The zero-order valence-electron chi connectivity index (χ0n) is 11.7. The zero-order valence-corrected chi connectivity index (χ0v) is 11.7. The van der Waals surface area contributed by atoms with Gasteiger partial charge in [0, 0.05) is 17.6 Å². The number of rotatable bonds is 3. The van der Waals surface area contributed by atoms with Crippen LogP contribution in [0.4, 0.5) is 17.2 Å². The van der Waals surface area contributed by atoms with Gasteiger partial charge in [-0.1, -0.05) is 36.4 Å². The van der Waals surface area contributed by atoms with E-state index in [1.54, 1.807) is 0 Å². The molecule has 20 heavy (non-hydrogen) atoms. The number of benzene rings is 2. The van der Waals surface area contributed by atoms with Gasteiger partial charge in [0.1, 0.15) is 0 Å². The molecule has 2 aromatic carbocycles. The Bertz CT molecular complexity index is 753. The highest BCUT2D eigenvalue weighted by Crippen LogP contribution is 2.30. The Labute approximate surface area is 118 Å². The standard InChI is InChI=1S/C16H18N4/c1-3-20-16(15(17)11(2)19-20)18-14-10-6-8-12-7-4-5-9-13(12)14/h4-10,18H,3,17H2,1-2H3. The third-order valence-electron chi connectivity index (χ3n) is 3.52. The summed E-state index contributed by atoms with van der Waals surface area (Å²) in [6.45, 7) is 4.76. The van der Waals surface area contributed by atoms with Gasteiger partial charge in [-0.3, -0.25) is 0 Å². The second kappa shape index (κ2) is 4.89. The first-order valence-electron chi connectivity index (χ1n) is 6.78. The van der Waals surface area contributed by atoms with E-state index < -0.39 is 0 Å². The Morgan fingerprint density at radius 3 is 2.70 bits per heavy atom. The van der Waals surface area contributed by atoms with E-state index in [9.17, 15) is 0 Å². The molecule has 0 fully saturated rings. The first-order chi connectivity index (χ1) is 9.70. The quantitative estimate of drug-likeness (QED) is 0.760. The van der Waals surface area contributed by atoms with Crippen LogP contribution in [0.3, 0.4) is 0 Å². The lowest BCUT2D eigenvalue weighted by Crippen LogP contribution is -2.04. The lowest BCUT2D eigenvalue weighted by molar-refractivity contribution is 0.661. The number of nitrogens with one attached hydrogen (secondary N) is 1. The van der Waals surface area contributed by atoms with Gasteiger partial charge in [0.15, 0.2) is 5.82 Å². The van der Waals surface area contributed by atoms with Gasteiger partial charge in [0.05, 0.1) is 11.4 Å². The molecule has 1 heterocycles. The number of aromatic nitrogens is 2. The van der Waals surface area contributed by atoms with Crippen molar-refractivity contribution in [2.24, 2.45) is 0 Å². The molecule has 0 saturated carbocycles. The molecule has 3 aromatic rings. The first-order valence-corrected chi connectivity index (χ1v) is 6.78. The maximum atomic E-state index is 6.13. The molecule has 0 spiro atoms. The van der Waals surface area contributed by atoms with E-state index >= 15 is 0 Å². The molecular weight excluding hydrogens is 248 g/mol. The van der Waals surface area contributed by atoms with Gasteiger partial charge in [0.2, 0.25) is 0 Å². The number of nitrogens with zero attached hydrogens (tertiary/aromatic N) is 2. The number of fused-ring (bicyclic) bond motifs is 1. The summed E-state index contributed by atoms with van der Waals surface area (Å²) >= 11 is 0. The summed E-state index contributed by atoms with van der Waals surface area (Å²) in [7, 11) is 0. The highest BCUT2D eigenvalue weighted by atomic mass is 15.3. The molecule has 0 saturated heterocycles. The summed E-state index contributed by atoms with van der Waals surface area (Å²) in [6.07, 6.45) is 0. The second-order valence-electron chi connectivity index (χ2n) is 4.82. The van der Waals surface area contributed by atoms with Crippen LogP contribution >= 0.6 is 0 Å². The van der Waals surface area contributed by atoms with Crippen molar-refractivity contribution in [1.29, 1.82) is 0 Å². The van der Waals surface area contributed by atoms with E-state index in [4.69, 9.17) is 5.73 Å². The lowest BCUT2D eigenvalue weighted by Gasteiger charge is -2.11. The maximum absolute atomic E-state index is 6.13. The monoisotopic (exact) mass is 266 g/mol. The predicted molar refractivity (Wildman–Crippen MR) is 84.3 cm³/mol. The number of nitrogen functional groups attached to an aromatic ring is 1. The topological polar surface area (TPSA) is 55.9 Å². The third kappa shape index (κ3) is 1.99. The average molecular weight is 266 g/mol. The van der Waals surface area contributed by atoms with Crippen LogP contribution in [-0.4, -0.2) is 9.78 Å². The van der Waals surface area contributed by atoms with Crippen molar-refractivity contribution in [2.45, 2.75) is 20.4 Å². The third-order valence-corrected chi connectivity index (χ3v) is 3.52. The lowest BCUT2D eigenvalue weighted by atomic mass is 10.1. The molecule has 0 aliphatic rings. The largest absolute Gasteiger partial charge is 0.394 e. The van der Waals surface area contributed by atoms with Crippen molar-refractivity contribution in [3.63, 3.8) is 0 Å². The highest BCUT2D eigenvalue weighted by molar-refractivity contribution is 5.95. The van der Waals surface area contributed by atoms with E-state index in [0.717, 1.165) is 23.7 Å². The summed E-state index contributed by atoms with van der Waals surface area (Å²) in [6, 6.07) is 14.5. The van der Waals surface area contributed by atoms with Crippen molar-refractivity contribution >= 4 is 28.0 Å². The van der Waals surface area contributed by atoms with Gasteiger partial charge < -0.3 is 11.1 Å². The van der Waals surface area contributed by atoms with Gasteiger partial charge in [-0.25, -0.2) is 4.68 Å². The molecule has 1 aromatic heterocycles. The molecule has 4 nitrogen and oxygen atoms in total. The van der Waals surface area contributed by atoms with Gasteiger partial charge in [0.25, 0.3) is 0 Å². The SMILES string of the molecule is CCn1nc(C)c(N)c1Nc1cccc2ccccc12. The maximum Gasteiger partial charge on any atom is 0.152 e. The fourth-order valence-corrected chi connectivity index (χ4v) is 2.42. The van der Waals surface area contributed by atoms with Crippen LogP contribution in [0, 0.1) is 6.92 Å². The Hall–Kier alpha value is -2.49. The van der Waals surface area contributed by atoms with Crippen LogP contribution < -0.4 is 11.1 Å². The molecule has 0 atom stereocenters. The van der Waals surface area contributed by atoms with E-state index in [0.29, 0.717) is 5.69 Å². The second-order valence-corrected chi connectivity index (χ2v) is 4.82. The summed E-state index contributed by atoms with van der Waals surface area (Å²) < 4.78 is 1.90. The molecule has 0 unspecified atom stereocenters. The summed E-state index contributed by atoms with van der Waals surface area (Å²) in [5, 5.41) is 10.2. The number of hydrogen-bond donors (Lipinski definition) is 2. The number of nitrogens with two attached hydrogens (primary N) is 1. The molecule has 3 rings (SSSR count). The van der Waals surface area contributed by atoms with Crippen LogP contribution in [0.15, 0.2) is 42.5 Å². The van der Waals surface area contributed by atoms with Gasteiger partial charge in [-0.2, -0.15) is 5.10 Å². The molecule has 102 valence electrons. The van der Waals surface area contributed by atoms with Crippen LogP contribution in [-0.2, 0) is 6.54 Å². The van der Waals surface area contributed by atoms with E-state index in [1.807, 2.05) is 29.8 Å². The molecule has 4 heteroatoms. The minimum absolute atomic E-state index is 0.708. The molecule has 3 N–H and O–H groups in total. The van der Waals surface area contributed by atoms with Crippen molar-refractivity contribution in [3.8, 4) is 0 Å². The summed E-state index contributed by atoms with van der Waals surface area (Å²) in [4.78, 5) is 0. The van der Waals surface area contributed by atoms with Gasteiger partial charge >= 0.3 is 0 Å². The fourth-order valence-electron chi connectivity index (χ4n) is 2.42. The van der Waals surface area contributed by atoms with Crippen LogP contribution in [0.1, 0.15) is 12.6 Å². The van der Waals surface area contributed by atoms with Crippen LogP contribution in [0.5, 0.6) is 0 Å². The van der Waals surface area contributed by atoms with Gasteiger partial charge in [-0.15, -0.1) is 0 Å². The van der Waals surface area contributed by atoms with E-state index in [1.165, 1.54) is 10.8 Å². The minimum atomic E-state index is 0.708. The minimum Gasteiger partial charge on any atom is -0.394 e. The number of aryl methyl sites for hydroxylation is 2. The Morgan fingerprint density at radius 2 is 1.90 bits per heavy atom. The summed E-state index contributed by atoms with van der Waals surface area (Å²) in [5.41, 5.74) is 8.74. The smallest absolute Gasteiger partial charge is 0.152 e. The molecule has 0 amide bonds. The Morgan fingerprint density at radius 1 is 1.15 bits per heavy atom. The van der Waals surface area contributed by atoms with Crippen molar-refractivity contribution in [1.82, 2.24) is 9.78 Å². The normalized spacial score (nSPS) is 10.9. The van der Waals surface area contributed by atoms with Gasteiger partial charge in [-0.05, 0) is 25.3 Å². The Kier molecular flexibility index (Phi) is 3.06. The molecule has 0 radical (unpaired) electrons. The first kappa shape index (κ1) is 12.5. The molecular formula is C16H18N4. The number of hydrogen-bond acceptors (Lipinski definition) is 3. The molecule has 0 bridgehead atoms. The fraction of sp³-hybridized carbons (Fsp3) is 0.188. The molecule has 0 aliphatic heterocycles. The number of anilines is 3. The van der Waals surface area contributed by atoms with Crippen molar-refractivity contribution < 1.29 is 0 Å². The molecule has 0 aliphatic carbocycles. The van der Waals surface area contributed by atoms with Crippen molar-refractivity contribution in [3.05, 3.63) is 48.2 Å². The van der Waals surface area contributed by atoms with E-state index in [2.05, 4.69) is 41.6 Å². The van der Waals surface area contributed by atoms with Crippen LogP contribution in [0.2, 0.25) is 0 Å². The predicted octanol–water partition coefficient (Wildman–Crippen LogP) is 3.69. The zero-order chi connectivity index (χ0) is 14.1. The summed E-state index contributed by atoms with van der Waals surface area (Å²) in [5.74, 6) is 0.862. The van der Waals surface area contributed by atoms with E-state index in [-0.39, 0.29) is 0 Å². The highest BCUT2D eigenvalue weighted by Gasteiger charge is 2.12. The van der Waals surface area contributed by atoms with Crippen LogP contribution in [0.25, 0.3) is 10.8 Å². The average Bonchev–Trinajstić information content (AvgIpc) is 2.75. The van der Waals surface area contributed by atoms with Crippen molar-refractivity contribution in [2.75, 3.05) is 11.1 Å². The Balaban J connectivity index is 2.10.